The van der Waals surface area contributed by atoms with Gasteiger partial charge in [0.15, 0.2) is 0 Å². The van der Waals surface area contributed by atoms with E-state index in [2.05, 4.69) is 5.32 Å². The molecule has 0 aromatic carbocycles. The van der Waals surface area contributed by atoms with Crippen LogP contribution < -0.4 is 5.32 Å². The number of amides is 1. The van der Waals surface area contributed by atoms with Crippen molar-refractivity contribution in [3.8, 4) is 0 Å². The molecule has 1 aromatic heterocycles. The number of allylic oxidation sites excluding steroid dienone is 1. The van der Waals surface area contributed by atoms with E-state index in [1.165, 1.54) is 0 Å². The van der Waals surface area contributed by atoms with E-state index in [1.807, 2.05) is 16.7 Å². The van der Waals surface area contributed by atoms with Crippen molar-refractivity contribution in [3.63, 3.8) is 0 Å². The fourth-order valence-electron chi connectivity index (χ4n) is 1.50. The standard InChI is InChI=1S/C9H9ClN2O/c1-11-9(13)8-7(10)5-6-3-2-4-12(6)8/h2-3,5H,4H2,1H3,(H,11,13). The quantitative estimate of drug-likeness (QED) is 0.726. The van der Waals surface area contributed by atoms with E-state index in [4.69, 9.17) is 11.6 Å². The summed E-state index contributed by atoms with van der Waals surface area (Å²) in [4.78, 5) is 11.4. The molecule has 1 aromatic rings. The number of nitrogens with one attached hydrogen (secondary N) is 1. The minimum Gasteiger partial charge on any atom is -0.354 e. The summed E-state index contributed by atoms with van der Waals surface area (Å²) in [5, 5.41) is 3.08. The molecule has 0 bridgehead atoms. The van der Waals surface area contributed by atoms with Crippen molar-refractivity contribution in [3.05, 3.63) is 28.6 Å². The summed E-state index contributed by atoms with van der Waals surface area (Å²) >= 11 is 5.92. The van der Waals surface area contributed by atoms with Gasteiger partial charge >= 0.3 is 0 Å². The molecule has 0 fully saturated rings. The zero-order valence-corrected chi connectivity index (χ0v) is 7.93. The normalized spacial score (nSPS) is 13.1. The lowest BCUT2D eigenvalue weighted by atomic mass is 10.3. The molecule has 0 unspecified atom stereocenters. The largest absolute Gasteiger partial charge is 0.354 e. The zero-order valence-electron chi connectivity index (χ0n) is 7.17. The first-order valence-electron chi connectivity index (χ1n) is 4.01. The van der Waals surface area contributed by atoms with Gasteiger partial charge in [-0.2, -0.15) is 0 Å². The number of hydrogen-bond acceptors (Lipinski definition) is 1. The first kappa shape index (κ1) is 8.38. The van der Waals surface area contributed by atoms with E-state index in [0.29, 0.717) is 10.7 Å². The minimum absolute atomic E-state index is 0.139. The van der Waals surface area contributed by atoms with Crippen LogP contribution in [0.4, 0.5) is 0 Å². The van der Waals surface area contributed by atoms with Crippen molar-refractivity contribution >= 4 is 23.6 Å². The summed E-state index contributed by atoms with van der Waals surface area (Å²) in [6.45, 7) is 0.727. The van der Waals surface area contributed by atoms with Gasteiger partial charge in [-0.15, -0.1) is 0 Å². The second-order valence-electron chi connectivity index (χ2n) is 2.86. The van der Waals surface area contributed by atoms with Crippen LogP contribution in [0.5, 0.6) is 0 Å². The van der Waals surface area contributed by atoms with E-state index in [1.54, 1.807) is 13.1 Å². The van der Waals surface area contributed by atoms with Crippen LogP contribution >= 0.6 is 11.6 Å². The van der Waals surface area contributed by atoms with E-state index in [-0.39, 0.29) is 5.91 Å². The number of carbonyl (C=O) groups is 1. The Balaban J connectivity index is 2.53. The van der Waals surface area contributed by atoms with Gasteiger partial charge in [-0.05, 0) is 12.1 Å². The summed E-state index contributed by atoms with van der Waals surface area (Å²) in [6.07, 6.45) is 3.95. The maximum Gasteiger partial charge on any atom is 0.269 e. The molecule has 2 heterocycles. The summed E-state index contributed by atoms with van der Waals surface area (Å²) in [5.41, 5.74) is 1.53. The topological polar surface area (TPSA) is 34.0 Å². The number of aromatic nitrogens is 1. The van der Waals surface area contributed by atoms with Gasteiger partial charge in [-0.1, -0.05) is 17.7 Å². The third-order valence-corrected chi connectivity index (χ3v) is 2.39. The molecule has 3 nitrogen and oxygen atoms in total. The molecule has 0 saturated heterocycles. The Morgan fingerprint density at radius 2 is 2.46 bits per heavy atom. The molecule has 1 aliphatic heterocycles. The van der Waals surface area contributed by atoms with Crippen LogP contribution in [-0.4, -0.2) is 17.5 Å². The van der Waals surface area contributed by atoms with Crippen LogP contribution in [0.1, 0.15) is 16.2 Å². The molecule has 0 spiro atoms. The summed E-state index contributed by atoms with van der Waals surface area (Å²) in [5.74, 6) is -0.139. The van der Waals surface area contributed by atoms with Crippen LogP contribution in [0.25, 0.3) is 6.08 Å². The van der Waals surface area contributed by atoms with E-state index >= 15 is 0 Å². The van der Waals surface area contributed by atoms with E-state index in [0.717, 1.165) is 12.2 Å². The molecule has 2 rings (SSSR count). The van der Waals surface area contributed by atoms with Gasteiger partial charge < -0.3 is 9.88 Å². The SMILES string of the molecule is CNC(=O)c1c(Cl)cc2n1CC=C2. The molecule has 0 radical (unpaired) electrons. The molecule has 1 amide bonds. The van der Waals surface area contributed by atoms with Gasteiger partial charge in [-0.3, -0.25) is 4.79 Å². The minimum atomic E-state index is -0.139. The predicted molar refractivity (Wildman–Crippen MR) is 51.9 cm³/mol. The molecule has 1 N–H and O–H groups in total. The molecule has 68 valence electrons. The third kappa shape index (κ3) is 1.16. The molecule has 13 heavy (non-hydrogen) atoms. The molecule has 1 aliphatic rings. The molecule has 0 saturated carbocycles. The van der Waals surface area contributed by atoms with Crippen molar-refractivity contribution < 1.29 is 4.79 Å². The summed E-state index contributed by atoms with van der Waals surface area (Å²) < 4.78 is 1.89. The van der Waals surface area contributed by atoms with Crippen LogP contribution in [-0.2, 0) is 6.54 Å². The maximum absolute atomic E-state index is 11.4. The third-order valence-electron chi connectivity index (χ3n) is 2.10. The van der Waals surface area contributed by atoms with Gasteiger partial charge in [0.1, 0.15) is 5.69 Å². The van der Waals surface area contributed by atoms with E-state index in [9.17, 15) is 4.79 Å². The van der Waals surface area contributed by atoms with Gasteiger partial charge in [0, 0.05) is 19.3 Å². The van der Waals surface area contributed by atoms with Gasteiger partial charge in [-0.25, -0.2) is 0 Å². The molecule has 0 atom stereocenters. The Bertz CT molecular complexity index is 393. The van der Waals surface area contributed by atoms with Crippen molar-refractivity contribution in [1.29, 1.82) is 0 Å². The maximum atomic E-state index is 11.4. The van der Waals surface area contributed by atoms with Gasteiger partial charge in [0.25, 0.3) is 5.91 Å². The molecule has 4 heteroatoms. The van der Waals surface area contributed by atoms with Crippen LogP contribution in [0.2, 0.25) is 5.02 Å². The highest BCUT2D eigenvalue weighted by molar-refractivity contribution is 6.34. The average Bonchev–Trinajstić information content (AvgIpc) is 2.62. The van der Waals surface area contributed by atoms with Crippen molar-refractivity contribution in [2.75, 3.05) is 7.05 Å². The lowest BCUT2D eigenvalue weighted by molar-refractivity contribution is 0.0954. The fraction of sp³-hybridized carbons (Fsp3) is 0.222. The summed E-state index contributed by atoms with van der Waals surface area (Å²) in [7, 11) is 1.60. The van der Waals surface area contributed by atoms with E-state index < -0.39 is 0 Å². The highest BCUT2D eigenvalue weighted by Gasteiger charge is 2.19. The lowest BCUT2D eigenvalue weighted by Gasteiger charge is -2.04. The highest BCUT2D eigenvalue weighted by Crippen LogP contribution is 2.25. The van der Waals surface area contributed by atoms with Gasteiger partial charge in [0.05, 0.1) is 5.02 Å². The molecular formula is C9H9ClN2O. The number of rotatable bonds is 1. The Kier molecular flexibility index (Phi) is 1.88. The first-order chi connectivity index (χ1) is 6.24. The Morgan fingerprint density at radius 3 is 3.15 bits per heavy atom. The first-order valence-corrected chi connectivity index (χ1v) is 4.39. The molecular weight excluding hydrogens is 188 g/mol. The second-order valence-corrected chi connectivity index (χ2v) is 3.27. The van der Waals surface area contributed by atoms with Crippen LogP contribution in [0.15, 0.2) is 12.1 Å². The zero-order chi connectivity index (χ0) is 9.42. The average molecular weight is 197 g/mol. The number of nitrogens with zero attached hydrogens (tertiary/aromatic N) is 1. The van der Waals surface area contributed by atoms with Gasteiger partial charge in [0.2, 0.25) is 0 Å². The van der Waals surface area contributed by atoms with Crippen LogP contribution in [0, 0.1) is 0 Å². The second kappa shape index (κ2) is 2.92. The predicted octanol–water partition coefficient (Wildman–Crippen LogP) is 1.53. The smallest absolute Gasteiger partial charge is 0.269 e. The number of halogens is 1. The van der Waals surface area contributed by atoms with Crippen molar-refractivity contribution in [2.24, 2.45) is 0 Å². The number of hydrogen-bond donors (Lipinski definition) is 1. The monoisotopic (exact) mass is 196 g/mol. The highest BCUT2D eigenvalue weighted by atomic mass is 35.5. The lowest BCUT2D eigenvalue weighted by Crippen LogP contribution is -2.21. The Morgan fingerprint density at radius 1 is 1.69 bits per heavy atom. The van der Waals surface area contributed by atoms with Crippen LogP contribution in [0.3, 0.4) is 0 Å². The van der Waals surface area contributed by atoms with Crippen molar-refractivity contribution in [2.45, 2.75) is 6.54 Å². The van der Waals surface area contributed by atoms with Crippen molar-refractivity contribution in [1.82, 2.24) is 9.88 Å². The molecule has 0 aliphatic carbocycles. The number of carbonyl (C=O) groups excluding carboxylic acids is 1. The fourth-order valence-corrected chi connectivity index (χ4v) is 1.80. The summed E-state index contributed by atoms with van der Waals surface area (Å²) in [6, 6.07) is 1.80. The Labute approximate surface area is 81.0 Å². The number of fused-ring (bicyclic) bond motifs is 1. The Hall–Kier alpha value is -1.22.